The third-order valence-corrected chi connectivity index (χ3v) is 5.89. The molecule has 4 aromatic rings. The average molecular weight is 441 g/mol. The number of ether oxygens (including phenoxy) is 2. The second kappa shape index (κ2) is 8.96. The second-order valence-electron chi connectivity index (χ2n) is 8.08. The van der Waals surface area contributed by atoms with Gasteiger partial charge in [0.15, 0.2) is 17.1 Å². The van der Waals surface area contributed by atoms with Crippen LogP contribution in [0.3, 0.4) is 0 Å². The Balaban J connectivity index is 1.58. The van der Waals surface area contributed by atoms with Crippen LogP contribution >= 0.6 is 0 Å². The van der Waals surface area contributed by atoms with E-state index in [1.54, 1.807) is 18.7 Å². The number of carbonyl (C=O) groups excluding carboxylic acids is 1. The maximum absolute atomic E-state index is 12.9. The topological polar surface area (TPSA) is 78.6 Å². The molecule has 0 radical (unpaired) electrons. The Bertz CT molecular complexity index is 1330. The molecule has 0 bridgehead atoms. The van der Waals surface area contributed by atoms with Crippen molar-refractivity contribution in [3.63, 3.8) is 0 Å². The van der Waals surface area contributed by atoms with E-state index in [9.17, 15) is 4.79 Å². The van der Waals surface area contributed by atoms with E-state index in [2.05, 4.69) is 22.3 Å². The van der Waals surface area contributed by atoms with Crippen LogP contribution < -0.4 is 4.74 Å². The Labute approximate surface area is 191 Å². The first-order valence-electron chi connectivity index (χ1n) is 10.8. The number of nitrogens with zero attached hydrogens (tertiary/aromatic N) is 4. The first-order chi connectivity index (χ1) is 16.2. The highest BCUT2D eigenvalue weighted by atomic mass is 16.5. The molecule has 1 aliphatic carbocycles. The number of methoxy groups -OCH3 is 2. The predicted octanol–water partition coefficient (Wildman–Crippen LogP) is 4.40. The number of fused-ring (bicyclic) bond motifs is 3. The molecule has 166 valence electrons. The number of hydrogen-bond acceptors (Lipinski definition) is 6. The van der Waals surface area contributed by atoms with Gasteiger partial charge in [-0.25, -0.2) is 4.52 Å². The molecule has 0 aliphatic heterocycles. The van der Waals surface area contributed by atoms with Crippen LogP contribution in [0.5, 0.6) is 5.75 Å². The van der Waals surface area contributed by atoms with E-state index in [1.807, 2.05) is 54.6 Å². The first-order valence-corrected chi connectivity index (χ1v) is 10.8. The van der Waals surface area contributed by atoms with Crippen LogP contribution in [-0.4, -0.2) is 39.8 Å². The molecule has 0 saturated carbocycles. The summed E-state index contributed by atoms with van der Waals surface area (Å²) in [5, 5.41) is 13.5. The molecule has 0 saturated heterocycles. The SMILES string of the molecule is COCc1nn2c3c(nnc2c1-c1ccc(OC)cc1)C(=O)C[C@H](/C=C/c1ccccc1)C3. The van der Waals surface area contributed by atoms with E-state index < -0.39 is 0 Å². The Morgan fingerprint density at radius 2 is 1.82 bits per heavy atom. The zero-order valence-electron chi connectivity index (χ0n) is 18.6. The number of benzene rings is 2. The van der Waals surface area contributed by atoms with E-state index in [0.717, 1.165) is 33.8 Å². The number of ketones is 1. The Morgan fingerprint density at radius 3 is 2.55 bits per heavy atom. The lowest BCUT2D eigenvalue weighted by Crippen LogP contribution is -2.24. The summed E-state index contributed by atoms with van der Waals surface area (Å²) < 4.78 is 12.5. The Hall–Kier alpha value is -3.84. The average Bonchev–Trinajstić information content (AvgIpc) is 3.22. The molecular weight excluding hydrogens is 416 g/mol. The Kier molecular flexibility index (Phi) is 5.71. The molecule has 2 aromatic carbocycles. The van der Waals surface area contributed by atoms with Gasteiger partial charge in [0.05, 0.1) is 30.7 Å². The van der Waals surface area contributed by atoms with Crippen molar-refractivity contribution >= 4 is 17.5 Å². The van der Waals surface area contributed by atoms with Crippen molar-refractivity contribution < 1.29 is 14.3 Å². The maximum Gasteiger partial charge on any atom is 0.185 e. The minimum atomic E-state index is -0.0110. The van der Waals surface area contributed by atoms with Crippen molar-refractivity contribution in [2.75, 3.05) is 14.2 Å². The number of hydrogen-bond donors (Lipinski definition) is 0. The standard InChI is InChI=1S/C26H24N4O3/c1-32-16-21-24(19-10-12-20(33-2)13-11-19)26-28-27-25-22(30(26)29-21)14-18(15-23(25)31)9-8-17-6-4-3-5-7-17/h3-13,18H,14-16H2,1-2H3/b9-8+/t18-/m1/s1. The lowest BCUT2D eigenvalue weighted by molar-refractivity contribution is 0.0950. The summed E-state index contributed by atoms with van der Waals surface area (Å²) in [6.45, 7) is 0.324. The minimum absolute atomic E-state index is 0.0110. The number of allylic oxidation sites excluding steroid dienone is 1. The van der Waals surface area contributed by atoms with E-state index in [4.69, 9.17) is 14.6 Å². The minimum Gasteiger partial charge on any atom is -0.497 e. The van der Waals surface area contributed by atoms with Gasteiger partial charge in [0.1, 0.15) is 5.75 Å². The smallest absolute Gasteiger partial charge is 0.185 e. The lowest BCUT2D eigenvalue weighted by atomic mass is 9.88. The molecule has 5 rings (SSSR count). The molecule has 1 aliphatic rings. The monoisotopic (exact) mass is 440 g/mol. The number of Topliss-reactive ketones (excluding diaryl/α,β-unsaturated/α-hetero) is 1. The largest absolute Gasteiger partial charge is 0.497 e. The zero-order valence-corrected chi connectivity index (χ0v) is 18.6. The lowest BCUT2D eigenvalue weighted by Gasteiger charge is -2.20. The summed E-state index contributed by atoms with van der Waals surface area (Å²) in [5.74, 6) is 0.825. The fraction of sp³-hybridized carbons (Fsp3) is 0.231. The van der Waals surface area contributed by atoms with Crippen molar-refractivity contribution in [1.29, 1.82) is 0 Å². The second-order valence-corrected chi connectivity index (χ2v) is 8.08. The molecule has 2 heterocycles. The van der Waals surface area contributed by atoms with E-state index in [1.165, 1.54) is 0 Å². The summed E-state index contributed by atoms with van der Waals surface area (Å²) >= 11 is 0. The third kappa shape index (κ3) is 4.03. The van der Waals surface area contributed by atoms with Crippen molar-refractivity contribution in [2.45, 2.75) is 19.4 Å². The first kappa shape index (κ1) is 21.0. The van der Waals surface area contributed by atoms with Crippen LogP contribution in [0.25, 0.3) is 22.9 Å². The molecule has 0 fully saturated rings. The molecule has 7 nitrogen and oxygen atoms in total. The fourth-order valence-electron chi connectivity index (χ4n) is 4.28. The number of rotatable bonds is 6. The summed E-state index contributed by atoms with van der Waals surface area (Å²) in [4.78, 5) is 12.9. The quantitative estimate of drug-likeness (QED) is 0.442. The molecular formula is C26H24N4O3. The van der Waals surface area contributed by atoms with Gasteiger partial charge in [0, 0.05) is 13.5 Å². The summed E-state index contributed by atoms with van der Waals surface area (Å²) in [7, 11) is 3.27. The predicted molar refractivity (Wildman–Crippen MR) is 125 cm³/mol. The van der Waals surface area contributed by atoms with Gasteiger partial charge in [-0.2, -0.15) is 5.10 Å². The van der Waals surface area contributed by atoms with Crippen molar-refractivity contribution in [2.24, 2.45) is 5.92 Å². The van der Waals surface area contributed by atoms with Crippen molar-refractivity contribution in [3.8, 4) is 16.9 Å². The van der Waals surface area contributed by atoms with E-state index in [-0.39, 0.29) is 11.7 Å². The molecule has 0 amide bonds. The van der Waals surface area contributed by atoms with Crippen LogP contribution in [0.4, 0.5) is 0 Å². The van der Waals surface area contributed by atoms with E-state index >= 15 is 0 Å². The number of carbonyl (C=O) groups is 1. The molecule has 0 unspecified atom stereocenters. The third-order valence-electron chi connectivity index (χ3n) is 5.89. The van der Waals surface area contributed by atoms with Gasteiger partial charge in [0.2, 0.25) is 0 Å². The van der Waals surface area contributed by atoms with Crippen molar-refractivity contribution in [3.05, 3.63) is 83.3 Å². The highest BCUT2D eigenvalue weighted by Gasteiger charge is 2.30. The Morgan fingerprint density at radius 1 is 1.03 bits per heavy atom. The highest BCUT2D eigenvalue weighted by Crippen LogP contribution is 2.32. The van der Waals surface area contributed by atoms with Crippen LogP contribution in [0.1, 0.15) is 33.9 Å². The molecule has 7 heteroatoms. The summed E-state index contributed by atoms with van der Waals surface area (Å²) in [6.07, 6.45) is 5.24. The molecule has 2 aromatic heterocycles. The fourth-order valence-corrected chi connectivity index (χ4v) is 4.28. The zero-order chi connectivity index (χ0) is 22.8. The number of aromatic nitrogens is 4. The van der Waals surface area contributed by atoms with Crippen LogP contribution in [0.15, 0.2) is 60.7 Å². The van der Waals surface area contributed by atoms with Gasteiger partial charge in [0.25, 0.3) is 0 Å². The van der Waals surface area contributed by atoms with Gasteiger partial charge >= 0.3 is 0 Å². The van der Waals surface area contributed by atoms with Crippen molar-refractivity contribution in [1.82, 2.24) is 19.8 Å². The normalized spacial score (nSPS) is 15.8. The van der Waals surface area contributed by atoms with Gasteiger partial charge < -0.3 is 9.47 Å². The summed E-state index contributed by atoms with van der Waals surface area (Å²) in [5.41, 5.74) is 5.46. The summed E-state index contributed by atoms with van der Waals surface area (Å²) in [6, 6.07) is 17.8. The van der Waals surface area contributed by atoms with Gasteiger partial charge in [-0.05, 0) is 35.6 Å². The van der Waals surface area contributed by atoms with E-state index in [0.29, 0.717) is 30.8 Å². The molecule has 0 spiro atoms. The highest BCUT2D eigenvalue weighted by molar-refractivity contribution is 5.97. The van der Waals surface area contributed by atoms with Gasteiger partial charge in [-0.1, -0.05) is 54.6 Å². The van der Waals surface area contributed by atoms with Crippen LogP contribution in [-0.2, 0) is 17.8 Å². The molecule has 0 N–H and O–H groups in total. The van der Waals surface area contributed by atoms with Crippen LogP contribution in [0.2, 0.25) is 0 Å². The molecule has 1 atom stereocenters. The van der Waals surface area contributed by atoms with Gasteiger partial charge in [-0.15, -0.1) is 10.2 Å². The van der Waals surface area contributed by atoms with Gasteiger partial charge in [-0.3, -0.25) is 4.79 Å². The van der Waals surface area contributed by atoms with Crippen LogP contribution in [0, 0.1) is 5.92 Å². The molecule has 33 heavy (non-hydrogen) atoms. The maximum atomic E-state index is 12.9.